The third-order valence-electron chi connectivity index (χ3n) is 7.19. The molecule has 1 aliphatic rings. The number of carboxylic acids is 2. The molecule has 1 saturated heterocycles. The van der Waals surface area contributed by atoms with Crippen molar-refractivity contribution in [2.45, 2.75) is 24.9 Å². The maximum Gasteiger partial charge on any atom is 0.328 e. The molecule has 1 fully saturated rings. The molecule has 3 aromatic carbocycles. The number of fused-ring (bicyclic) bond motifs is 4. The third kappa shape index (κ3) is 6.93. The van der Waals surface area contributed by atoms with E-state index in [9.17, 15) is 19.1 Å². The normalized spacial score (nSPS) is 15.2. The van der Waals surface area contributed by atoms with Gasteiger partial charge >= 0.3 is 11.9 Å². The van der Waals surface area contributed by atoms with Gasteiger partial charge in [0.15, 0.2) is 5.58 Å². The van der Waals surface area contributed by atoms with Crippen molar-refractivity contribution in [2.24, 2.45) is 0 Å². The zero-order valence-electron chi connectivity index (χ0n) is 22.6. The van der Waals surface area contributed by atoms with E-state index in [1.165, 1.54) is 17.5 Å². The first-order valence-corrected chi connectivity index (χ1v) is 13.5. The average Bonchev–Trinajstić information content (AvgIpc) is 3.56. The zero-order chi connectivity index (χ0) is 29.6. The van der Waals surface area contributed by atoms with E-state index in [1.807, 2.05) is 24.3 Å². The molecule has 6 rings (SSSR count). The molecule has 1 atom stereocenters. The second-order valence-corrected chi connectivity index (χ2v) is 10.1. The van der Waals surface area contributed by atoms with Crippen molar-refractivity contribution >= 4 is 44.7 Å². The molecular weight excluding hydrogens is 545 g/mol. The molecule has 218 valence electrons. The highest BCUT2D eigenvalue weighted by Gasteiger charge is 2.26. The van der Waals surface area contributed by atoms with Crippen LogP contribution in [0, 0.1) is 5.82 Å². The Morgan fingerprint density at radius 2 is 1.69 bits per heavy atom. The van der Waals surface area contributed by atoms with Crippen LogP contribution >= 0.6 is 0 Å². The number of H-pyrrole nitrogens is 1. The molecule has 0 aliphatic carbocycles. The number of likely N-dealkylation sites (tertiary alicyclic amines) is 1. The fourth-order valence-electron chi connectivity index (χ4n) is 5.22. The number of hydrogen-bond donors (Lipinski definition) is 4. The van der Waals surface area contributed by atoms with Gasteiger partial charge in [0.1, 0.15) is 24.3 Å². The van der Waals surface area contributed by atoms with Gasteiger partial charge in [-0.05, 0) is 56.3 Å². The van der Waals surface area contributed by atoms with Crippen LogP contribution in [0.3, 0.4) is 0 Å². The summed E-state index contributed by atoms with van der Waals surface area (Å²) in [5.41, 5.74) is 3.53. The van der Waals surface area contributed by atoms with Gasteiger partial charge in [-0.3, -0.25) is 0 Å². The second kappa shape index (κ2) is 12.8. The number of nitrogens with one attached hydrogen (secondary N) is 1. The largest absolute Gasteiger partial charge is 0.491 e. The van der Waals surface area contributed by atoms with Crippen LogP contribution in [0.15, 0.2) is 77.3 Å². The summed E-state index contributed by atoms with van der Waals surface area (Å²) in [5.74, 6) is -1.81. The number of nitrogens with zero attached hydrogens (tertiary/aromatic N) is 2. The smallest absolute Gasteiger partial charge is 0.328 e. The lowest BCUT2D eigenvalue weighted by molar-refractivity contribution is -0.134. The van der Waals surface area contributed by atoms with Crippen molar-refractivity contribution in [2.75, 3.05) is 26.2 Å². The van der Waals surface area contributed by atoms with Crippen LogP contribution in [0.2, 0.25) is 0 Å². The second-order valence-electron chi connectivity index (χ2n) is 10.1. The van der Waals surface area contributed by atoms with E-state index in [0.717, 1.165) is 59.2 Å². The monoisotopic (exact) mass is 575 g/mol. The number of para-hydroxylation sites is 1. The van der Waals surface area contributed by atoms with Crippen molar-refractivity contribution in [1.82, 2.24) is 15.0 Å². The van der Waals surface area contributed by atoms with E-state index >= 15 is 0 Å². The summed E-state index contributed by atoms with van der Waals surface area (Å²) < 4.78 is 24.6. The van der Waals surface area contributed by atoms with Crippen LogP contribution in [0.25, 0.3) is 32.8 Å². The van der Waals surface area contributed by atoms with Crippen molar-refractivity contribution in [3.8, 4) is 5.75 Å². The minimum Gasteiger partial charge on any atom is -0.491 e. The van der Waals surface area contributed by atoms with Crippen molar-refractivity contribution < 1.29 is 38.6 Å². The highest BCUT2D eigenvalue weighted by Crippen LogP contribution is 2.33. The third-order valence-corrected chi connectivity index (χ3v) is 7.19. The number of halogens is 1. The molecule has 1 aliphatic heterocycles. The lowest BCUT2D eigenvalue weighted by atomic mass is 9.91. The molecule has 5 aromatic rings. The number of aromatic amines is 1. The van der Waals surface area contributed by atoms with Gasteiger partial charge in [-0.1, -0.05) is 23.4 Å². The molecule has 3 heterocycles. The predicted molar refractivity (Wildman–Crippen MR) is 154 cm³/mol. The molecule has 0 radical (unpaired) electrons. The van der Waals surface area contributed by atoms with E-state index in [-0.39, 0.29) is 18.3 Å². The fraction of sp³-hybridized carbons (Fsp3) is 0.258. The standard InChI is InChI=1S/C27H26FN3O3.C4H4O4/c28-18-5-7-23-26(13-18)34-30-27(23)17-9-11-31(12-10-17)15-19(32)16-33-20-6-8-22-21-3-1-2-4-24(21)29-25(22)14-20;5-3(6)1-2-4(7)8/h1-8,13-14,17,19,29,32H,9-12,15-16H2;1-2H,(H,5,6)(H,7,8)/b;2-1+. The van der Waals surface area contributed by atoms with E-state index in [0.29, 0.717) is 24.3 Å². The quantitative estimate of drug-likeness (QED) is 0.189. The number of aliphatic hydroxyl groups excluding tert-OH is 1. The van der Waals surface area contributed by atoms with Gasteiger partial charge in [-0.15, -0.1) is 0 Å². The molecular formula is C31H30FN3O7. The van der Waals surface area contributed by atoms with Gasteiger partial charge in [0.25, 0.3) is 0 Å². The highest BCUT2D eigenvalue weighted by atomic mass is 19.1. The Morgan fingerprint density at radius 1 is 1.00 bits per heavy atom. The molecule has 10 nitrogen and oxygen atoms in total. The van der Waals surface area contributed by atoms with Gasteiger partial charge in [-0.2, -0.15) is 0 Å². The number of aliphatic carboxylic acids is 2. The topological polar surface area (TPSA) is 149 Å². The maximum absolute atomic E-state index is 13.4. The Labute approximate surface area is 239 Å². The summed E-state index contributed by atoms with van der Waals surface area (Å²) in [7, 11) is 0. The summed E-state index contributed by atoms with van der Waals surface area (Å²) in [6.07, 6.45) is 2.38. The number of β-amino-alcohol motifs (C(OH)–C–C–N with tert-alkyl or cyclic N) is 1. The molecule has 1 unspecified atom stereocenters. The van der Waals surface area contributed by atoms with Crippen LogP contribution in [-0.2, 0) is 9.59 Å². The first kappa shape index (κ1) is 28.8. The van der Waals surface area contributed by atoms with Gasteiger partial charge < -0.3 is 34.5 Å². The van der Waals surface area contributed by atoms with E-state index in [4.69, 9.17) is 19.5 Å². The number of aromatic nitrogens is 2. The van der Waals surface area contributed by atoms with E-state index in [1.54, 1.807) is 6.07 Å². The number of aliphatic hydroxyl groups is 1. The average molecular weight is 576 g/mol. The summed E-state index contributed by atoms with van der Waals surface area (Å²) in [6.45, 7) is 2.52. The summed E-state index contributed by atoms with van der Waals surface area (Å²) in [4.78, 5) is 24.8. The molecule has 0 amide bonds. The summed E-state index contributed by atoms with van der Waals surface area (Å²) in [5, 5.41) is 33.7. The van der Waals surface area contributed by atoms with Gasteiger partial charge in [0.2, 0.25) is 0 Å². The molecule has 0 bridgehead atoms. The predicted octanol–water partition coefficient (Wildman–Crippen LogP) is 4.93. The Kier molecular flexibility index (Phi) is 8.80. The first-order chi connectivity index (χ1) is 20.3. The van der Waals surface area contributed by atoms with E-state index in [2.05, 4.69) is 33.2 Å². The summed E-state index contributed by atoms with van der Waals surface area (Å²) in [6, 6.07) is 18.8. The number of piperidine rings is 1. The van der Waals surface area contributed by atoms with Crippen molar-refractivity contribution in [3.05, 3.63) is 84.3 Å². The van der Waals surface area contributed by atoms with E-state index < -0.39 is 18.0 Å². The number of carboxylic acid groups (broad SMARTS) is 2. The molecule has 0 saturated carbocycles. The lowest BCUT2D eigenvalue weighted by Crippen LogP contribution is -2.40. The number of benzene rings is 3. The Bertz CT molecular complexity index is 1720. The van der Waals surface area contributed by atoms with Crippen LogP contribution in [0.4, 0.5) is 4.39 Å². The molecule has 11 heteroatoms. The van der Waals surface area contributed by atoms with Gasteiger partial charge in [0.05, 0.1) is 11.2 Å². The lowest BCUT2D eigenvalue weighted by Gasteiger charge is -2.32. The summed E-state index contributed by atoms with van der Waals surface area (Å²) >= 11 is 0. The van der Waals surface area contributed by atoms with Crippen molar-refractivity contribution in [3.63, 3.8) is 0 Å². The maximum atomic E-state index is 13.4. The molecule has 4 N–H and O–H groups in total. The zero-order valence-corrected chi connectivity index (χ0v) is 22.6. The van der Waals surface area contributed by atoms with Crippen LogP contribution in [0.5, 0.6) is 5.75 Å². The van der Waals surface area contributed by atoms with Crippen LogP contribution in [-0.4, -0.2) is 74.6 Å². The minimum atomic E-state index is -1.26. The molecule has 0 spiro atoms. The number of rotatable bonds is 8. The van der Waals surface area contributed by atoms with Gasteiger partial charge in [0, 0.05) is 58.4 Å². The SMILES string of the molecule is O=C(O)/C=C/C(=O)O.OC(COc1ccc2c(c1)[nH]c1ccccc12)CN1CCC(c2noc3cc(F)ccc23)CC1. The Hall–Kier alpha value is -4.74. The number of carbonyl (C=O) groups is 2. The number of ether oxygens (including phenoxy) is 1. The van der Waals surface area contributed by atoms with Crippen LogP contribution in [0.1, 0.15) is 24.5 Å². The first-order valence-electron chi connectivity index (χ1n) is 13.5. The van der Waals surface area contributed by atoms with Gasteiger partial charge in [-0.25, -0.2) is 14.0 Å². The fourth-order valence-corrected chi connectivity index (χ4v) is 5.22. The molecule has 42 heavy (non-hydrogen) atoms. The minimum absolute atomic E-state index is 0.241. The van der Waals surface area contributed by atoms with Crippen LogP contribution < -0.4 is 4.74 Å². The Morgan fingerprint density at radius 3 is 2.43 bits per heavy atom. The number of hydrogen-bond acceptors (Lipinski definition) is 7. The molecule has 2 aromatic heterocycles. The highest BCUT2D eigenvalue weighted by molar-refractivity contribution is 6.07. The van der Waals surface area contributed by atoms with Crippen molar-refractivity contribution in [1.29, 1.82) is 0 Å². The Balaban J connectivity index is 0.000000390.